The van der Waals surface area contributed by atoms with Gasteiger partial charge in [0.05, 0.1) is 12.2 Å². The van der Waals surface area contributed by atoms with Crippen molar-refractivity contribution < 1.29 is 19.4 Å². The molecule has 2 rings (SSSR count). The summed E-state index contributed by atoms with van der Waals surface area (Å²) in [4.78, 5) is 38.3. The predicted octanol–water partition coefficient (Wildman–Crippen LogP) is 0.114. The number of rotatable bonds is 4. The first-order valence-electron chi connectivity index (χ1n) is 6.52. The number of aliphatic hydroxyl groups excluding tert-OH is 1. The zero-order valence-corrected chi connectivity index (χ0v) is 13.3. The van der Waals surface area contributed by atoms with Gasteiger partial charge in [0, 0.05) is 19.5 Å². The number of nitrogens with one attached hydrogen (secondary N) is 1. The van der Waals surface area contributed by atoms with Crippen molar-refractivity contribution in [3.8, 4) is 0 Å². The third-order valence-electron chi connectivity index (χ3n) is 3.23. The van der Waals surface area contributed by atoms with E-state index in [-0.39, 0.29) is 18.6 Å². The molecule has 0 radical (unpaired) electrons. The van der Waals surface area contributed by atoms with Crippen LogP contribution in [0.5, 0.6) is 0 Å². The van der Waals surface area contributed by atoms with Crippen molar-refractivity contribution in [3.63, 3.8) is 0 Å². The standard InChI is InChI=1S/C13H15BrN2O6/c1-7(18)21-9-4-11(22-10(9)6-17)16-5-8(2-3-14)12(19)15-13(16)20/h2-3,5,9-11,17H,4,6H2,1H3,(H,15,19,20)/b3-2+/t9?,10-,11-/m0/s1. The summed E-state index contributed by atoms with van der Waals surface area (Å²) in [6, 6.07) is 0. The minimum atomic E-state index is -0.742. The molecule has 0 saturated carbocycles. The Labute approximate surface area is 133 Å². The molecule has 0 aliphatic carbocycles. The number of hydrogen-bond acceptors (Lipinski definition) is 6. The molecule has 9 heteroatoms. The number of aromatic nitrogens is 2. The van der Waals surface area contributed by atoms with Crippen LogP contribution < -0.4 is 11.2 Å². The van der Waals surface area contributed by atoms with Gasteiger partial charge in [-0.05, 0) is 11.1 Å². The maximum absolute atomic E-state index is 11.9. The summed E-state index contributed by atoms with van der Waals surface area (Å²) in [5, 5.41) is 9.29. The van der Waals surface area contributed by atoms with Gasteiger partial charge in [0.2, 0.25) is 0 Å². The summed E-state index contributed by atoms with van der Waals surface area (Å²) >= 11 is 3.06. The van der Waals surface area contributed by atoms with E-state index in [0.717, 1.165) is 0 Å². The molecular formula is C13H15BrN2O6. The number of halogens is 1. The molecule has 3 atom stereocenters. The van der Waals surface area contributed by atoms with Crippen molar-refractivity contribution in [2.75, 3.05) is 6.61 Å². The minimum Gasteiger partial charge on any atom is -0.460 e. The Balaban J connectivity index is 2.32. The number of H-pyrrole nitrogens is 1. The molecule has 2 heterocycles. The molecule has 0 amide bonds. The maximum Gasteiger partial charge on any atom is 0.330 e. The molecule has 1 fully saturated rings. The van der Waals surface area contributed by atoms with Crippen LogP contribution in [0.2, 0.25) is 0 Å². The van der Waals surface area contributed by atoms with E-state index >= 15 is 0 Å². The molecule has 1 saturated heterocycles. The summed E-state index contributed by atoms with van der Waals surface area (Å²) in [5.74, 6) is -0.496. The number of carbonyl (C=O) groups excluding carboxylic acids is 1. The van der Waals surface area contributed by atoms with Crippen LogP contribution in [0.15, 0.2) is 20.8 Å². The third-order valence-corrected chi connectivity index (χ3v) is 3.49. The molecule has 0 bridgehead atoms. The van der Waals surface area contributed by atoms with E-state index in [1.807, 2.05) is 0 Å². The average Bonchev–Trinajstić information content (AvgIpc) is 2.83. The lowest BCUT2D eigenvalue weighted by Gasteiger charge is -2.15. The zero-order valence-electron chi connectivity index (χ0n) is 11.7. The summed E-state index contributed by atoms with van der Waals surface area (Å²) in [6.07, 6.45) is 0.928. The molecule has 1 aliphatic heterocycles. The van der Waals surface area contributed by atoms with E-state index in [4.69, 9.17) is 9.47 Å². The fourth-order valence-corrected chi connectivity index (χ4v) is 2.56. The quantitative estimate of drug-likeness (QED) is 0.723. The van der Waals surface area contributed by atoms with E-state index in [1.165, 1.54) is 28.7 Å². The van der Waals surface area contributed by atoms with Crippen molar-refractivity contribution in [1.29, 1.82) is 0 Å². The molecule has 22 heavy (non-hydrogen) atoms. The smallest absolute Gasteiger partial charge is 0.330 e. The van der Waals surface area contributed by atoms with Gasteiger partial charge in [-0.2, -0.15) is 0 Å². The highest BCUT2D eigenvalue weighted by molar-refractivity contribution is 9.11. The number of nitrogens with zero attached hydrogens (tertiary/aromatic N) is 1. The Bertz CT molecular complexity index is 695. The predicted molar refractivity (Wildman–Crippen MR) is 80.5 cm³/mol. The highest BCUT2D eigenvalue weighted by atomic mass is 79.9. The van der Waals surface area contributed by atoms with Gasteiger partial charge in [0.25, 0.3) is 5.56 Å². The molecule has 0 spiro atoms. The van der Waals surface area contributed by atoms with Crippen molar-refractivity contribution in [1.82, 2.24) is 9.55 Å². The summed E-state index contributed by atoms with van der Waals surface area (Å²) in [6.45, 7) is 0.910. The van der Waals surface area contributed by atoms with E-state index in [0.29, 0.717) is 0 Å². The van der Waals surface area contributed by atoms with Crippen LogP contribution in [0.3, 0.4) is 0 Å². The normalized spacial score (nSPS) is 24.8. The molecule has 0 aromatic carbocycles. The number of ether oxygens (including phenoxy) is 2. The van der Waals surface area contributed by atoms with Gasteiger partial charge in [0.1, 0.15) is 18.4 Å². The van der Waals surface area contributed by atoms with Crippen LogP contribution in [0.4, 0.5) is 0 Å². The maximum atomic E-state index is 11.9. The number of aliphatic hydroxyl groups is 1. The highest BCUT2D eigenvalue weighted by Gasteiger charge is 2.38. The molecule has 120 valence electrons. The third kappa shape index (κ3) is 3.54. The first kappa shape index (κ1) is 16.7. The Morgan fingerprint density at radius 3 is 2.95 bits per heavy atom. The van der Waals surface area contributed by atoms with Crippen molar-refractivity contribution >= 4 is 28.0 Å². The Kier molecular flexibility index (Phi) is 5.33. The lowest BCUT2D eigenvalue weighted by molar-refractivity contribution is -0.150. The van der Waals surface area contributed by atoms with Gasteiger partial charge in [-0.25, -0.2) is 4.79 Å². The van der Waals surface area contributed by atoms with Crippen LogP contribution in [0.1, 0.15) is 25.1 Å². The van der Waals surface area contributed by atoms with Gasteiger partial charge in [0.15, 0.2) is 0 Å². The molecule has 1 unspecified atom stereocenters. The molecular weight excluding hydrogens is 360 g/mol. The largest absolute Gasteiger partial charge is 0.460 e. The lowest BCUT2D eigenvalue weighted by atomic mass is 10.2. The molecule has 1 aliphatic rings. The Morgan fingerprint density at radius 1 is 1.64 bits per heavy atom. The summed E-state index contributed by atoms with van der Waals surface area (Å²) in [7, 11) is 0. The second-order valence-corrected chi connectivity index (χ2v) is 5.27. The zero-order chi connectivity index (χ0) is 16.3. The average molecular weight is 375 g/mol. The van der Waals surface area contributed by atoms with Gasteiger partial charge >= 0.3 is 11.7 Å². The van der Waals surface area contributed by atoms with E-state index in [2.05, 4.69) is 20.9 Å². The lowest BCUT2D eigenvalue weighted by Crippen LogP contribution is -2.33. The summed E-state index contributed by atoms with van der Waals surface area (Å²) < 4.78 is 11.8. The topological polar surface area (TPSA) is 111 Å². The van der Waals surface area contributed by atoms with Crippen molar-refractivity contribution in [3.05, 3.63) is 37.6 Å². The summed E-state index contributed by atoms with van der Waals surface area (Å²) in [5.41, 5.74) is -0.899. The van der Waals surface area contributed by atoms with Gasteiger partial charge in [-0.1, -0.05) is 15.9 Å². The SMILES string of the molecule is CC(=O)OC1C[C@@H](n2cc(/C=C/Br)c(=O)[nH]c2=O)O[C@H]1CO. The van der Waals surface area contributed by atoms with Gasteiger partial charge in [-0.15, -0.1) is 0 Å². The first-order chi connectivity index (χ1) is 10.5. The number of aromatic amines is 1. The Morgan fingerprint density at radius 2 is 2.36 bits per heavy atom. The fraction of sp³-hybridized carbons (Fsp3) is 0.462. The van der Waals surface area contributed by atoms with Crippen molar-refractivity contribution in [2.45, 2.75) is 31.8 Å². The van der Waals surface area contributed by atoms with Crippen LogP contribution in [0, 0.1) is 0 Å². The second kappa shape index (κ2) is 7.03. The molecule has 1 aromatic rings. The number of esters is 1. The molecule has 2 N–H and O–H groups in total. The fourth-order valence-electron chi connectivity index (χ4n) is 2.27. The van der Waals surface area contributed by atoms with Crippen LogP contribution in [-0.4, -0.2) is 39.4 Å². The van der Waals surface area contributed by atoms with E-state index < -0.39 is 35.7 Å². The van der Waals surface area contributed by atoms with Crippen LogP contribution in [-0.2, 0) is 14.3 Å². The van der Waals surface area contributed by atoms with Gasteiger partial charge < -0.3 is 14.6 Å². The van der Waals surface area contributed by atoms with Crippen molar-refractivity contribution in [2.24, 2.45) is 0 Å². The van der Waals surface area contributed by atoms with Crippen LogP contribution in [0.25, 0.3) is 6.08 Å². The molecule has 1 aromatic heterocycles. The van der Waals surface area contributed by atoms with Crippen LogP contribution >= 0.6 is 15.9 Å². The number of carbonyl (C=O) groups is 1. The monoisotopic (exact) mass is 374 g/mol. The Hall–Kier alpha value is -1.71. The second-order valence-electron chi connectivity index (χ2n) is 4.74. The van der Waals surface area contributed by atoms with Gasteiger partial charge in [-0.3, -0.25) is 19.1 Å². The highest BCUT2D eigenvalue weighted by Crippen LogP contribution is 2.29. The number of hydrogen-bond donors (Lipinski definition) is 2. The van der Waals surface area contributed by atoms with E-state index in [1.54, 1.807) is 0 Å². The first-order valence-corrected chi connectivity index (χ1v) is 7.43. The minimum absolute atomic E-state index is 0.203. The molecule has 8 nitrogen and oxygen atoms in total. The van der Waals surface area contributed by atoms with E-state index in [9.17, 15) is 19.5 Å².